The third-order valence-electron chi connectivity index (χ3n) is 2.65. The average Bonchev–Trinajstić information content (AvgIpc) is 2.99. The number of halogens is 1. The molecule has 1 aromatic rings. The molecule has 0 unspecified atom stereocenters. The number of carbonyl (C=O) groups is 1. The van der Waals surface area contributed by atoms with Crippen LogP contribution < -0.4 is 5.32 Å². The molecule has 0 bridgehead atoms. The van der Waals surface area contributed by atoms with Gasteiger partial charge in [0, 0.05) is 0 Å². The summed E-state index contributed by atoms with van der Waals surface area (Å²) in [6.07, 6.45) is 1.17. The van der Waals surface area contributed by atoms with E-state index in [2.05, 4.69) is 10.1 Å². The Morgan fingerprint density at radius 1 is 1.53 bits per heavy atom. The Hall–Kier alpha value is -1.58. The van der Waals surface area contributed by atoms with E-state index in [0.717, 1.165) is 18.4 Å². The van der Waals surface area contributed by atoms with Crippen molar-refractivity contribution in [3.8, 4) is 0 Å². The Labute approximate surface area is 87.2 Å². The summed E-state index contributed by atoms with van der Waals surface area (Å²) in [4.78, 5) is 11.1. The zero-order chi connectivity index (χ0) is 10.9. The molecular weight excluding hydrogens is 197 g/mol. The van der Waals surface area contributed by atoms with Crippen LogP contribution in [0.25, 0.3) is 0 Å². The normalized spacial score (nSPS) is 16.9. The summed E-state index contributed by atoms with van der Waals surface area (Å²) in [6, 6.07) is 6.29. The zero-order valence-corrected chi connectivity index (χ0v) is 8.42. The molecule has 0 radical (unpaired) electrons. The number of nitrogens with one attached hydrogen (secondary N) is 1. The lowest BCUT2D eigenvalue weighted by molar-refractivity contribution is 0.165. The van der Waals surface area contributed by atoms with Crippen LogP contribution in [-0.4, -0.2) is 13.2 Å². The van der Waals surface area contributed by atoms with Crippen molar-refractivity contribution in [2.45, 2.75) is 18.4 Å². The quantitative estimate of drug-likeness (QED) is 0.810. The molecule has 1 aliphatic rings. The summed E-state index contributed by atoms with van der Waals surface area (Å²) >= 11 is 0. The maximum absolute atomic E-state index is 13.0. The van der Waals surface area contributed by atoms with Crippen LogP contribution >= 0.6 is 0 Å². The molecule has 4 heteroatoms. The number of hydrogen-bond donors (Lipinski definition) is 1. The first-order valence-corrected chi connectivity index (χ1v) is 4.78. The van der Waals surface area contributed by atoms with Crippen molar-refractivity contribution in [3.63, 3.8) is 0 Å². The van der Waals surface area contributed by atoms with E-state index in [-0.39, 0.29) is 5.82 Å². The molecule has 0 aliphatic heterocycles. The molecule has 1 N–H and O–H groups in total. The van der Waals surface area contributed by atoms with Gasteiger partial charge in [0.1, 0.15) is 5.82 Å². The highest BCUT2D eigenvalue weighted by atomic mass is 19.1. The van der Waals surface area contributed by atoms with E-state index in [1.54, 1.807) is 6.07 Å². The van der Waals surface area contributed by atoms with Gasteiger partial charge in [-0.15, -0.1) is 0 Å². The topological polar surface area (TPSA) is 38.3 Å². The van der Waals surface area contributed by atoms with Crippen molar-refractivity contribution >= 4 is 6.09 Å². The van der Waals surface area contributed by atoms with Crippen LogP contribution in [0.2, 0.25) is 0 Å². The third-order valence-corrected chi connectivity index (χ3v) is 2.65. The van der Waals surface area contributed by atoms with Gasteiger partial charge in [0.2, 0.25) is 0 Å². The van der Waals surface area contributed by atoms with E-state index in [0.29, 0.717) is 0 Å². The fourth-order valence-corrected chi connectivity index (χ4v) is 1.64. The number of benzene rings is 1. The fraction of sp³-hybridized carbons (Fsp3) is 0.364. The molecule has 3 nitrogen and oxygen atoms in total. The molecule has 1 aliphatic carbocycles. The lowest BCUT2D eigenvalue weighted by Crippen LogP contribution is -2.34. The summed E-state index contributed by atoms with van der Waals surface area (Å²) in [7, 11) is 1.32. The van der Waals surface area contributed by atoms with Crippen LogP contribution in [0.15, 0.2) is 24.3 Å². The van der Waals surface area contributed by atoms with Gasteiger partial charge in [0.15, 0.2) is 0 Å². The standard InChI is InChI=1S/C11H12FNO2/c1-15-10(14)13-11(5-6-11)8-3-2-4-9(12)7-8/h2-4,7H,5-6H2,1H3,(H,13,14). The van der Waals surface area contributed by atoms with E-state index < -0.39 is 11.6 Å². The van der Waals surface area contributed by atoms with Gasteiger partial charge in [-0.2, -0.15) is 0 Å². The van der Waals surface area contributed by atoms with E-state index >= 15 is 0 Å². The van der Waals surface area contributed by atoms with Crippen LogP contribution in [0.4, 0.5) is 9.18 Å². The maximum Gasteiger partial charge on any atom is 0.407 e. The number of alkyl carbamates (subject to hydrolysis) is 1. The highest BCUT2D eigenvalue weighted by Gasteiger charge is 2.46. The Morgan fingerprint density at radius 2 is 2.27 bits per heavy atom. The minimum absolute atomic E-state index is 0.287. The van der Waals surface area contributed by atoms with Gasteiger partial charge in [-0.1, -0.05) is 12.1 Å². The predicted molar refractivity (Wildman–Crippen MR) is 52.9 cm³/mol. The van der Waals surface area contributed by atoms with Gasteiger partial charge in [0.05, 0.1) is 12.6 Å². The molecule has 1 saturated carbocycles. The molecule has 15 heavy (non-hydrogen) atoms. The molecule has 2 rings (SSSR count). The lowest BCUT2D eigenvalue weighted by Gasteiger charge is -2.16. The van der Waals surface area contributed by atoms with E-state index in [1.165, 1.54) is 19.2 Å². The molecular formula is C11H12FNO2. The largest absolute Gasteiger partial charge is 0.453 e. The Morgan fingerprint density at radius 3 is 2.80 bits per heavy atom. The number of amides is 1. The summed E-state index contributed by atoms with van der Waals surface area (Å²) in [5.41, 5.74) is 0.391. The first kappa shape index (κ1) is 9.96. The summed E-state index contributed by atoms with van der Waals surface area (Å²) in [5.74, 6) is -0.287. The van der Waals surface area contributed by atoms with Crippen LogP contribution in [0.5, 0.6) is 0 Å². The first-order chi connectivity index (χ1) is 7.16. The number of carbonyl (C=O) groups excluding carboxylic acids is 1. The fourth-order valence-electron chi connectivity index (χ4n) is 1.64. The van der Waals surface area contributed by atoms with Crippen LogP contribution in [0.1, 0.15) is 18.4 Å². The molecule has 1 aromatic carbocycles. The van der Waals surface area contributed by atoms with Gasteiger partial charge in [-0.3, -0.25) is 0 Å². The summed E-state index contributed by atoms with van der Waals surface area (Å²) < 4.78 is 17.5. The van der Waals surface area contributed by atoms with Crippen molar-refractivity contribution < 1.29 is 13.9 Å². The second-order valence-electron chi connectivity index (χ2n) is 3.71. The van der Waals surface area contributed by atoms with Crippen molar-refractivity contribution in [1.29, 1.82) is 0 Å². The van der Waals surface area contributed by atoms with E-state index in [9.17, 15) is 9.18 Å². The van der Waals surface area contributed by atoms with Gasteiger partial charge < -0.3 is 10.1 Å². The van der Waals surface area contributed by atoms with Gasteiger partial charge in [-0.05, 0) is 30.5 Å². The zero-order valence-electron chi connectivity index (χ0n) is 8.42. The summed E-state index contributed by atoms with van der Waals surface area (Å²) in [6.45, 7) is 0. The Bertz CT molecular complexity index is 388. The van der Waals surface area contributed by atoms with Crippen LogP contribution in [-0.2, 0) is 10.3 Å². The van der Waals surface area contributed by atoms with Crippen molar-refractivity contribution in [2.24, 2.45) is 0 Å². The van der Waals surface area contributed by atoms with Gasteiger partial charge in [0.25, 0.3) is 0 Å². The van der Waals surface area contributed by atoms with Crippen molar-refractivity contribution in [3.05, 3.63) is 35.6 Å². The predicted octanol–water partition coefficient (Wildman–Crippen LogP) is 2.17. The highest BCUT2D eigenvalue weighted by Crippen LogP contribution is 2.45. The molecule has 80 valence electrons. The molecule has 0 aromatic heterocycles. The number of rotatable bonds is 2. The SMILES string of the molecule is COC(=O)NC1(c2cccc(F)c2)CC1. The average molecular weight is 209 g/mol. The molecule has 1 amide bonds. The highest BCUT2D eigenvalue weighted by molar-refractivity contribution is 5.69. The number of methoxy groups -OCH3 is 1. The Balaban J connectivity index is 2.19. The third kappa shape index (κ3) is 1.93. The molecule has 0 spiro atoms. The minimum Gasteiger partial charge on any atom is -0.453 e. The molecule has 0 heterocycles. The molecule has 1 fully saturated rings. The Kier molecular flexibility index (Phi) is 2.34. The maximum atomic E-state index is 13.0. The number of hydrogen-bond acceptors (Lipinski definition) is 2. The van der Waals surface area contributed by atoms with Crippen molar-refractivity contribution in [2.75, 3.05) is 7.11 Å². The lowest BCUT2D eigenvalue weighted by atomic mass is 10.1. The first-order valence-electron chi connectivity index (χ1n) is 4.78. The van der Waals surface area contributed by atoms with Gasteiger partial charge in [-0.25, -0.2) is 9.18 Å². The second-order valence-corrected chi connectivity index (χ2v) is 3.71. The van der Waals surface area contributed by atoms with Crippen LogP contribution in [0, 0.1) is 5.82 Å². The number of ether oxygens (including phenoxy) is 1. The van der Waals surface area contributed by atoms with Gasteiger partial charge >= 0.3 is 6.09 Å². The van der Waals surface area contributed by atoms with Crippen molar-refractivity contribution in [1.82, 2.24) is 5.32 Å². The van der Waals surface area contributed by atoms with E-state index in [1.807, 2.05) is 6.07 Å². The summed E-state index contributed by atoms with van der Waals surface area (Å²) in [5, 5.41) is 2.73. The van der Waals surface area contributed by atoms with E-state index in [4.69, 9.17) is 0 Å². The van der Waals surface area contributed by atoms with Crippen LogP contribution in [0.3, 0.4) is 0 Å². The second kappa shape index (κ2) is 3.53. The monoisotopic (exact) mass is 209 g/mol. The minimum atomic E-state index is -0.475. The molecule has 0 saturated heterocycles. The molecule has 0 atom stereocenters. The smallest absolute Gasteiger partial charge is 0.407 e.